The molecule has 168 valence electrons. The number of aliphatic hydroxyl groups is 2. The lowest BCUT2D eigenvalue weighted by Gasteiger charge is -2.44. The van der Waals surface area contributed by atoms with E-state index in [1.807, 2.05) is 13.3 Å². The summed E-state index contributed by atoms with van der Waals surface area (Å²) < 4.78 is 12.0. The predicted molar refractivity (Wildman–Crippen MR) is 127 cm³/mol. The van der Waals surface area contributed by atoms with Crippen LogP contribution in [0.5, 0.6) is 0 Å². The molecule has 3 rings (SSSR count). The van der Waals surface area contributed by atoms with E-state index in [0.717, 1.165) is 17.6 Å². The highest BCUT2D eigenvalue weighted by Crippen LogP contribution is 2.59. The summed E-state index contributed by atoms with van der Waals surface area (Å²) in [6, 6.07) is 0. The third-order valence-electron chi connectivity index (χ3n) is 7.92. The number of hydrogen-bond donors (Lipinski definition) is 2. The summed E-state index contributed by atoms with van der Waals surface area (Å²) in [5, 5.41) is 20.1. The minimum atomic E-state index is -1.99. The molecule has 6 atom stereocenters. The molecule has 0 heterocycles. The molecular formula is C26H41O3P. The van der Waals surface area contributed by atoms with Crippen molar-refractivity contribution in [1.29, 1.82) is 0 Å². The van der Waals surface area contributed by atoms with Crippen LogP contribution < -0.4 is 0 Å². The molecular weight excluding hydrogens is 391 g/mol. The van der Waals surface area contributed by atoms with E-state index < -0.39 is 19.3 Å². The second-order valence-electron chi connectivity index (χ2n) is 10.7. The number of rotatable bonds is 5. The molecule has 4 heteroatoms. The topological polar surface area (TPSA) is 57.5 Å². The first-order valence-corrected chi connectivity index (χ1v) is 14.5. The van der Waals surface area contributed by atoms with Crippen molar-refractivity contribution in [3.8, 4) is 0 Å². The molecule has 3 fully saturated rings. The van der Waals surface area contributed by atoms with Crippen LogP contribution in [-0.4, -0.2) is 41.9 Å². The van der Waals surface area contributed by atoms with Gasteiger partial charge in [-0.25, -0.2) is 0 Å². The molecule has 0 amide bonds. The van der Waals surface area contributed by atoms with Gasteiger partial charge in [0, 0.05) is 12.6 Å². The first-order valence-electron chi connectivity index (χ1n) is 11.7. The number of aliphatic hydroxyl groups excluding tert-OH is 2. The van der Waals surface area contributed by atoms with Gasteiger partial charge in [0.05, 0.1) is 19.3 Å². The lowest BCUT2D eigenvalue weighted by Crippen LogP contribution is -2.35. The lowest BCUT2D eigenvalue weighted by atomic mass is 9.61. The fraction of sp³-hybridized carbons (Fsp3) is 0.692. The van der Waals surface area contributed by atoms with E-state index in [-0.39, 0.29) is 0 Å². The molecule has 3 nitrogen and oxygen atoms in total. The maximum Gasteiger partial charge on any atom is 0.0854 e. The van der Waals surface area contributed by atoms with Gasteiger partial charge in [0.1, 0.15) is 0 Å². The summed E-state index contributed by atoms with van der Waals surface area (Å²) in [5.41, 5.74) is 3.61. The predicted octanol–water partition coefficient (Wildman–Crippen LogP) is 5.94. The van der Waals surface area contributed by atoms with E-state index in [1.165, 1.54) is 31.3 Å². The molecule has 0 aromatic heterocycles. The van der Waals surface area contributed by atoms with E-state index in [9.17, 15) is 14.8 Å². The molecule has 0 spiro atoms. The summed E-state index contributed by atoms with van der Waals surface area (Å²) in [7, 11) is -1.99. The summed E-state index contributed by atoms with van der Waals surface area (Å²) in [6.45, 7) is 12.6. The van der Waals surface area contributed by atoms with Crippen molar-refractivity contribution in [2.24, 2.45) is 23.2 Å². The summed E-state index contributed by atoms with van der Waals surface area (Å²) in [5.74, 6) is 1.78. The molecule has 3 aliphatic rings. The Kier molecular flexibility index (Phi) is 7.37. The average molecular weight is 433 g/mol. The van der Waals surface area contributed by atoms with E-state index in [2.05, 4.69) is 44.7 Å². The van der Waals surface area contributed by atoms with Crippen LogP contribution in [-0.2, 0) is 4.57 Å². The van der Waals surface area contributed by atoms with Crippen LogP contribution in [0.1, 0.15) is 58.8 Å². The zero-order valence-corrected chi connectivity index (χ0v) is 20.2. The Balaban J connectivity index is 1.75. The molecule has 3 saturated carbocycles. The second-order valence-corrected chi connectivity index (χ2v) is 14.2. The Morgan fingerprint density at radius 1 is 1.27 bits per heavy atom. The summed E-state index contributed by atoms with van der Waals surface area (Å²) in [4.78, 5) is 0. The minimum Gasteiger partial charge on any atom is -0.393 e. The normalized spacial score (nSPS) is 39.1. The standard InChI is InChI=1S/C26H41O3P/c1-18(8-7-15-30(4,5)29)23-12-13-24-20(9-6-14-26(23,24)3)10-11-21-16-22(27)17-25(28)19(21)2/h7-8,10-11,18,22-25,27-28H,2,6,9,12-17H2,1,3-5H3/t18-,22-,23-,24+,25+,26-/m1/s1. The first kappa shape index (κ1) is 23.8. The third kappa shape index (κ3) is 5.29. The highest BCUT2D eigenvalue weighted by Gasteiger charge is 2.50. The van der Waals surface area contributed by atoms with Crippen LogP contribution in [0.3, 0.4) is 0 Å². The monoisotopic (exact) mass is 432 g/mol. The second kappa shape index (κ2) is 9.31. The summed E-state index contributed by atoms with van der Waals surface area (Å²) >= 11 is 0. The minimum absolute atomic E-state index is 0.317. The van der Waals surface area contributed by atoms with Gasteiger partial charge in [0.15, 0.2) is 0 Å². The van der Waals surface area contributed by atoms with Crippen LogP contribution >= 0.6 is 7.14 Å². The smallest absolute Gasteiger partial charge is 0.0854 e. The number of hydrogen-bond acceptors (Lipinski definition) is 3. The van der Waals surface area contributed by atoms with E-state index in [1.54, 1.807) is 0 Å². The van der Waals surface area contributed by atoms with Crippen molar-refractivity contribution in [3.63, 3.8) is 0 Å². The number of allylic oxidation sites excluding steroid dienone is 5. The molecule has 0 radical (unpaired) electrons. The maximum atomic E-state index is 12.0. The van der Waals surface area contributed by atoms with E-state index >= 15 is 0 Å². The average Bonchev–Trinajstić information content (AvgIpc) is 3.00. The Morgan fingerprint density at radius 3 is 2.70 bits per heavy atom. The van der Waals surface area contributed by atoms with Crippen LogP contribution in [0.15, 0.2) is 47.6 Å². The SMILES string of the molecule is C=C1C(=CC=C2CCC[C@]3(C)[C@@H]([C@H](C)C=CCP(C)(C)=O)CC[C@@H]23)C[C@@H](O)C[C@@H]1O. The van der Waals surface area contributed by atoms with Crippen LogP contribution in [0.2, 0.25) is 0 Å². The van der Waals surface area contributed by atoms with Crippen molar-refractivity contribution in [1.82, 2.24) is 0 Å². The Morgan fingerprint density at radius 2 is 2.00 bits per heavy atom. The highest BCUT2D eigenvalue weighted by atomic mass is 31.2. The van der Waals surface area contributed by atoms with Crippen LogP contribution in [0, 0.1) is 23.2 Å². The molecule has 3 aliphatic carbocycles. The molecule has 30 heavy (non-hydrogen) atoms. The molecule has 0 aromatic rings. The fourth-order valence-electron chi connectivity index (χ4n) is 6.27. The van der Waals surface area contributed by atoms with Gasteiger partial charge in [-0.2, -0.15) is 0 Å². The highest BCUT2D eigenvalue weighted by molar-refractivity contribution is 7.62. The first-order chi connectivity index (χ1) is 14.0. The third-order valence-corrected chi connectivity index (χ3v) is 9.01. The van der Waals surface area contributed by atoms with Gasteiger partial charge in [0.25, 0.3) is 0 Å². The van der Waals surface area contributed by atoms with Gasteiger partial charge < -0.3 is 14.8 Å². The Bertz CT molecular complexity index is 786. The Hall–Kier alpha value is -0.890. The van der Waals surface area contributed by atoms with E-state index in [0.29, 0.717) is 42.2 Å². The van der Waals surface area contributed by atoms with Gasteiger partial charge >= 0.3 is 0 Å². The van der Waals surface area contributed by atoms with Gasteiger partial charge in [-0.1, -0.05) is 50.3 Å². The Labute approximate surface area is 183 Å². The fourth-order valence-corrected chi connectivity index (χ4v) is 6.90. The molecule has 0 bridgehead atoms. The summed E-state index contributed by atoms with van der Waals surface area (Å²) in [6.07, 6.45) is 15.6. The van der Waals surface area contributed by atoms with Crippen molar-refractivity contribution in [2.45, 2.75) is 71.0 Å². The van der Waals surface area contributed by atoms with Gasteiger partial charge in [-0.05, 0) is 86.2 Å². The largest absolute Gasteiger partial charge is 0.393 e. The quantitative estimate of drug-likeness (QED) is 0.417. The molecule has 0 unspecified atom stereocenters. The molecule has 2 N–H and O–H groups in total. The zero-order chi connectivity index (χ0) is 22.1. The van der Waals surface area contributed by atoms with Gasteiger partial charge in [0.2, 0.25) is 0 Å². The molecule has 0 aliphatic heterocycles. The van der Waals surface area contributed by atoms with Gasteiger partial charge in [-0.15, -0.1) is 0 Å². The van der Waals surface area contributed by atoms with E-state index in [4.69, 9.17) is 0 Å². The number of fused-ring (bicyclic) bond motifs is 1. The maximum absolute atomic E-state index is 12.0. The van der Waals surface area contributed by atoms with Crippen molar-refractivity contribution >= 4 is 7.14 Å². The molecule has 0 aromatic carbocycles. The van der Waals surface area contributed by atoms with Crippen molar-refractivity contribution in [2.75, 3.05) is 19.5 Å². The lowest BCUT2D eigenvalue weighted by molar-refractivity contribution is 0.0862. The van der Waals surface area contributed by atoms with Gasteiger partial charge in [-0.3, -0.25) is 0 Å². The zero-order valence-electron chi connectivity index (χ0n) is 19.3. The molecule has 0 saturated heterocycles. The van der Waals surface area contributed by atoms with Crippen LogP contribution in [0.25, 0.3) is 0 Å². The van der Waals surface area contributed by atoms with Crippen molar-refractivity contribution < 1.29 is 14.8 Å². The van der Waals surface area contributed by atoms with Crippen molar-refractivity contribution in [3.05, 3.63) is 47.6 Å². The van der Waals surface area contributed by atoms with Crippen LogP contribution in [0.4, 0.5) is 0 Å².